The zero-order valence-electron chi connectivity index (χ0n) is 20.9. The number of hydrogen-bond donors (Lipinski definition) is 0. The van der Waals surface area contributed by atoms with E-state index in [0.717, 1.165) is 31.5 Å². The number of methoxy groups -OCH3 is 1. The number of ether oxygens (including phenoxy) is 2. The van der Waals surface area contributed by atoms with Gasteiger partial charge in [0.15, 0.2) is 18.1 Å². The third-order valence-corrected chi connectivity index (χ3v) is 6.75. The Balaban J connectivity index is 1.48. The quantitative estimate of drug-likeness (QED) is 0.364. The van der Waals surface area contributed by atoms with Gasteiger partial charge in [-0.25, -0.2) is 4.90 Å². The third-order valence-electron chi connectivity index (χ3n) is 6.75. The summed E-state index contributed by atoms with van der Waals surface area (Å²) in [6, 6.07) is 19.7. The molecule has 0 atom stereocenters. The highest BCUT2D eigenvalue weighted by atomic mass is 16.5. The molecule has 188 valence electrons. The monoisotopic (exact) mass is 496 g/mol. The van der Waals surface area contributed by atoms with E-state index < -0.39 is 5.91 Å². The minimum Gasteiger partial charge on any atom is -0.493 e. The molecule has 0 saturated carbocycles. The van der Waals surface area contributed by atoms with Crippen molar-refractivity contribution in [2.24, 2.45) is 0 Å². The maximum Gasteiger partial charge on any atom is 0.265 e. The average molecular weight is 497 g/mol. The number of rotatable bonds is 6. The summed E-state index contributed by atoms with van der Waals surface area (Å²) in [4.78, 5) is 42.5. The van der Waals surface area contributed by atoms with Crippen LogP contribution in [-0.2, 0) is 9.59 Å². The first-order valence-electron chi connectivity index (χ1n) is 12.3. The van der Waals surface area contributed by atoms with Crippen molar-refractivity contribution in [3.05, 3.63) is 89.0 Å². The van der Waals surface area contributed by atoms with Crippen LogP contribution in [0.3, 0.4) is 0 Å². The predicted molar refractivity (Wildman–Crippen MR) is 142 cm³/mol. The SMILES string of the molecule is COc1cc(/C=C2/C(=O)N(c3ccccc3C)C(=O)c3ccccc32)ccc1OCC(=O)N1CCCC1. The number of amides is 3. The molecule has 37 heavy (non-hydrogen) atoms. The average Bonchev–Trinajstić information content (AvgIpc) is 3.46. The molecule has 0 bridgehead atoms. The van der Waals surface area contributed by atoms with Crippen molar-refractivity contribution in [2.75, 3.05) is 31.7 Å². The summed E-state index contributed by atoms with van der Waals surface area (Å²) in [6.07, 6.45) is 3.79. The topological polar surface area (TPSA) is 76.1 Å². The fraction of sp³-hybridized carbons (Fsp3) is 0.233. The molecule has 3 aromatic rings. The number of para-hydroxylation sites is 1. The van der Waals surface area contributed by atoms with E-state index in [9.17, 15) is 14.4 Å². The molecular formula is C30H28N2O5. The van der Waals surface area contributed by atoms with Gasteiger partial charge in [-0.3, -0.25) is 14.4 Å². The first kappa shape index (κ1) is 24.3. The second-order valence-corrected chi connectivity index (χ2v) is 9.12. The number of hydrogen-bond acceptors (Lipinski definition) is 5. The van der Waals surface area contributed by atoms with Gasteiger partial charge in [-0.05, 0) is 66.8 Å². The molecule has 2 aliphatic heterocycles. The van der Waals surface area contributed by atoms with E-state index in [1.165, 1.54) is 12.0 Å². The number of anilines is 1. The van der Waals surface area contributed by atoms with Gasteiger partial charge < -0.3 is 14.4 Å². The third kappa shape index (κ3) is 4.72. The maximum absolute atomic E-state index is 13.7. The van der Waals surface area contributed by atoms with Crippen LogP contribution in [0.2, 0.25) is 0 Å². The van der Waals surface area contributed by atoms with Gasteiger partial charge in [0.25, 0.3) is 17.7 Å². The van der Waals surface area contributed by atoms with Gasteiger partial charge in [-0.1, -0.05) is 42.5 Å². The van der Waals surface area contributed by atoms with Crippen molar-refractivity contribution in [1.29, 1.82) is 0 Å². The number of nitrogens with zero attached hydrogens (tertiary/aromatic N) is 2. The van der Waals surface area contributed by atoms with Crippen LogP contribution in [0.4, 0.5) is 5.69 Å². The Bertz CT molecular complexity index is 1400. The number of aryl methyl sites for hydroxylation is 1. The van der Waals surface area contributed by atoms with E-state index >= 15 is 0 Å². The lowest BCUT2D eigenvalue weighted by Crippen LogP contribution is -2.42. The molecule has 1 fully saturated rings. The standard InChI is InChI=1S/C30H28N2O5/c1-20-9-3-6-12-25(20)32-29(34)23-11-5-4-10-22(23)24(30(32)35)17-21-13-14-26(27(18-21)36-2)37-19-28(33)31-15-7-8-16-31/h3-6,9-14,17-18H,7-8,15-16,19H2,1-2H3/b24-17+. The van der Waals surface area contributed by atoms with Crippen LogP contribution in [0.1, 0.15) is 39.9 Å². The highest BCUT2D eigenvalue weighted by molar-refractivity contribution is 6.43. The highest BCUT2D eigenvalue weighted by Crippen LogP contribution is 2.36. The van der Waals surface area contributed by atoms with Crippen LogP contribution in [0.5, 0.6) is 11.5 Å². The van der Waals surface area contributed by atoms with Crippen LogP contribution in [0.25, 0.3) is 11.6 Å². The largest absolute Gasteiger partial charge is 0.493 e. The number of carbonyl (C=O) groups excluding carboxylic acids is 3. The molecule has 0 unspecified atom stereocenters. The normalized spacial score (nSPS) is 16.2. The van der Waals surface area contributed by atoms with Crippen molar-refractivity contribution in [3.63, 3.8) is 0 Å². The lowest BCUT2D eigenvalue weighted by molar-refractivity contribution is -0.132. The summed E-state index contributed by atoms with van der Waals surface area (Å²) in [5, 5.41) is 0. The minimum atomic E-state index is -0.395. The van der Waals surface area contributed by atoms with Crippen LogP contribution in [-0.4, -0.2) is 49.4 Å². The summed E-state index contributed by atoms with van der Waals surface area (Å²) >= 11 is 0. The van der Waals surface area contributed by atoms with E-state index in [1.807, 2.05) is 31.2 Å². The number of imide groups is 1. The Hall–Kier alpha value is -4.39. The van der Waals surface area contributed by atoms with E-state index in [1.54, 1.807) is 53.4 Å². The van der Waals surface area contributed by atoms with Crippen molar-refractivity contribution >= 4 is 35.1 Å². The molecule has 7 nitrogen and oxygen atoms in total. The number of fused-ring (bicyclic) bond motifs is 1. The number of likely N-dealkylation sites (tertiary alicyclic amines) is 1. The fourth-order valence-electron chi connectivity index (χ4n) is 4.78. The molecule has 3 aromatic carbocycles. The molecule has 0 aromatic heterocycles. The van der Waals surface area contributed by atoms with Gasteiger partial charge in [0.2, 0.25) is 0 Å². The van der Waals surface area contributed by atoms with Crippen molar-refractivity contribution < 1.29 is 23.9 Å². The van der Waals surface area contributed by atoms with E-state index in [-0.39, 0.29) is 18.4 Å². The fourth-order valence-corrected chi connectivity index (χ4v) is 4.78. The molecule has 2 heterocycles. The predicted octanol–water partition coefficient (Wildman–Crippen LogP) is 4.73. The van der Waals surface area contributed by atoms with Gasteiger partial charge in [0, 0.05) is 24.2 Å². The summed E-state index contributed by atoms with van der Waals surface area (Å²) in [7, 11) is 1.53. The van der Waals surface area contributed by atoms with Gasteiger partial charge in [-0.15, -0.1) is 0 Å². The lowest BCUT2D eigenvalue weighted by Gasteiger charge is -2.29. The Kier molecular flexibility index (Phi) is 6.77. The van der Waals surface area contributed by atoms with Crippen LogP contribution in [0.15, 0.2) is 66.7 Å². The van der Waals surface area contributed by atoms with E-state index in [0.29, 0.717) is 39.4 Å². The Morgan fingerprint density at radius 2 is 1.59 bits per heavy atom. The molecule has 1 saturated heterocycles. The maximum atomic E-state index is 13.7. The highest BCUT2D eigenvalue weighted by Gasteiger charge is 2.36. The smallest absolute Gasteiger partial charge is 0.265 e. The van der Waals surface area contributed by atoms with E-state index in [4.69, 9.17) is 9.47 Å². The molecule has 3 amide bonds. The second kappa shape index (κ2) is 10.3. The molecule has 0 spiro atoms. The Morgan fingerprint density at radius 1 is 0.892 bits per heavy atom. The molecule has 0 aliphatic carbocycles. The molecular weight excluding hydrogens is 468 g/mol. The number of carbonyl (C=O) groups is 3. The first-order chi connectivity index (χ1) is 18.0. The molecule has 2 aliphatic rings. The van der Waals surface area contributed by atoms with Gasteiger partial charge in [0.05, 0.1) is 12.8 Å². The second-order valence-electron chi connectivity index (χ2n) is 9.12. The molecule has 5 rings (SSSR count). The van der Waals surface area contributed by atoms with Crippen molar-refractivity contribution in [2.45, 2.75) is 19.8 Å². The molecule has 0 N–H and O–H groups in total. The van der Waals surface area contributed by atoms with E-state index in [2.05, 4.69) is 0 Å². The lowest BCUT2D eigenvalue weighted by atomic mass is 9.91. The zero-order valence-corrected chi connectivity index (χ0v) is 20.9. The summed E-state index contributed by atoms with van der Waals surface area (Å²) in [5.41, 5.74) is 3.53. The van der Waals surface area contributed by atoms with Crippen LogP contribution in [0, 0.1) is 6.92 Å². The van der Waals surface area contributed by atoms with Crippen molar-refractivity contribution in [3.8, 4) is 11.5 Å². The van der Waals surface area contributed by atoms with Gasteiger partial charge in [-0.2, -0.15) is 0 Å². The summed E-state index contributed by atoms with van der Waals surface area (Å²) in [5.74, 6) is 0.108. The summed E-state index contributed by atoms with van der Waals surface area (Å²) < 4.78 is 11.3. The zero-order chi connectivity index (χ0) is 25.9. The van der Waals surface area contributed by atoms with Crippen molar-refractivity contribution in [1.82, 2.24) is 4.90 Å². The van der Waals surface area contributed by atoms with Crippen LogP contribution >= 0.6 is 0 Å². The molecule has 7 heteroatoms. The number of benzene rings is 3. The summed E-state index contributed by atoms with van der Waals surface area (Å²) in [6.45, 7) is 3.35. The Labute approximate surface area is 215 Å². The van der Waals surface area contributed by atoms with Gasteiger partial charge in [0.1, 0.15) is 0 Å². The minimum absolute atomic E-state index is 0.0453. The molecule has 0 radical (unpaired) electrons. The van der Waals surface area contributed by atoms with Gasteiger partial charge >= 0.3 is 0 Å². The first-order valence-corrected chi connectivity index (χ1v) is 12.3. The van der Waals surface area contributed by atoms with Crippen LogP contribution < -0.4 is 14.4 Å². The Morgan fingerprint density at radius 3 is 2.32 bits per heavy atom.